The zero-order chi connectivity index (χ0) is 24.8. The molecule has 3 aromatic rings. The molecule has 0 bridgehead atoms. The van der Waals surface area contributed by atoms with Crippen molar-refractivity contribution in [3.05, 3.63) is 74.4 Å². The fourth-order valence-corrected chi connectivity index (χ4v) is 3.33. The highest BCUT2D eigenvalue weighted by atomic mass is 35.5. The van der Waals surface area contributed by atoms with Crippen molar-refractivity contribution in [1.29, 1.82) is 0 Å². The van der Waals surface area contributed by atoms with Crippen LogP contribution in [-0.2, 0) is 6.54 Å². The molecule has 154 valence electrons. The summed E-state index contributed by atoms with van der Waals surface area (Å²) in [6.45, 7) is -2.55. The molecular weight excluding hydrogens is 402 g/mol. The summed E-state index contributed by atoms with van der Waals surface area (Å²) in [7, 11) is 1.50. The van der Waals surface area contributed by atoms with Gasteiger partial charge < -0.3 is 10.3 Å². The van der Waals surface area contributed by atoms with Crippen LogP contribution in [-0.4, -0.2) is 45.8 Å². The summed E-state index contributed by atoms with van der Waals surface area (Å²) in [6.07, 6.45) is 4.25. The lowest BCUT2D eigenvalue weighted by Crippen LogP contribution is -2.28. The molecule has 0 atom stereocenters. The highest BCUT2D eigenvalue weighted by Crippen LogP contribution is 2.24. The molecule has 0 fully saturated rings. The number of amides is 1. The van der Waals surface area contributed by atoms with Crippen molar-refractivity contribution in [1.82, 2.24) is 25.2 Å². The van der Waals surface area contributed by atoms with Gasteiger partial charge in [0.1, 0.15) is 10.7 Å². The van der Waals surface area contributed by atoms with Gasteiger partial charge in [-0.25, -0.2) is 0 Å². The number of fused-ring (bicyclic) bond motifs is 1. The first kappa shape index (κ1) is 15.8. The maximum Gasteiger partial charge on any atom is 0.269 e. The lowest BCUT2D eigenvalue weighted by Gasteiger charge is -2.26. The third kappa shape index (κ3) is 3.99. The normalized spacial score (nSPS) is 19.9. The number of H-pyrrole nitrogens is 1. The van der Waals surface area contributed by atoms with E-state index in [9.17, 15) is 9.59 Å². The van der Waals surface area contributed by atoms with Crippen LogP contribution in [0, 0.1) is 6.92 Å². The third-order valence-electron chi connectivity index (χ3n) is 4.87. The molecule has 0 saturated heterocycles. The number of nitrogens with one attached hydrogen (secondary N) is 2. The Hall–Kier alpha value is -3.03. The van der Waals surface area contributed by atoms with Gasteiger partial charge in [0.05, 0.1) is 11.0 Å². The molecule has 1 amide bonds. The SMILES string of the molecule is [2H]C1([2H])C=C(c2ccc(C(=O)NC)nc2)CC([2H])([2H])N1Cc1cnc2c(C)c(Cl)c(=O)[nH]c2c1. The Kier molecular flexibility index (Phi) is 4.40. The van der Waals surface area contributed by atoms with Gasteiger partial charge >= 0.3 is 0 Å². The van der Waals surface area contributed by atoms with Crippen LogP contribution >= 0.6 is 11.6 Å². The lowest BCUT2D eigenvalue weighted by atomic mass is 10.0. The van der Waals surface area contributed by atoms with E-state index in [2.05, 4.69) is 20.3 Å². The summed E-state index contributed by atoms with van der Waals surface area (Å²) in [6, 6.07) is 4.80. The molecule has 3 aromatic heterocycles. The summed E-state index contributed by atoms with van der Waals surface area (Å²) in [5, 5.41) is 2.54. The molecule has 0 spiro atoms. The highest BCUT2D eigenvalue weighted by Gasteiger charge is 2.15. The van der Waals surface area contributed by atoms with Crippen LogP contribution in [0.3, 0.4) is 0 Å². The van der Waals surface area contributed by atoms with Crippen molar-refractivity contribution >= 4 is 34.1 Å². The topological polar surface area (TPSA) is 91.0 Å². The van der Waals surface area contributed by atoms with Gasteiger partial charge in [-0.15, -0.1) is 0 Å². The molecule has 4 heterocycles. The minimum Gasteiger partial charge on any atom is -0.354 e. The molecule has 30 heavy (non-hydrogen) atoms. The van der Waals surface area contributed by atoms with Crippen LogP contribution in [0.15, 0.2) is 41.5 Å². The molecule has 4 rings (SSSR count). The Morgan fingerprint density at radius 3 is 2.90 bits per heavy atom. The van der Waals surface area contributed by atoms with Crippen molar-refractivity contribution < 1.29 is 10.3 Å². The minimum atomic E-state index is -2.13. The Balaban J connectivity index is 1.66. The molecule has 0 radical (unpaired) electrons. The first-order chi connectivity index (χ1) is 15.9. The second kappa shape index (κ2) is 8.38. The van der Waals surface area contributed by atoms with Crippen LogP contribution in [0.2, 0.25) is 5.02 Å². The van der Waals surface area contributed by atoms with E-state index in [1.54, 1.807) is 19.1 Å². The molecule has 0 unspecified atom stereocenters. The molecule has 0 saturated carbocycles. The second-order valence-corrected chi connectivity index (χ2v) is 7.24. The molecule has 0 aliphatic carbocycles. The number of carbonyl (C=O) groups is 1. The highest BCUT2D eigenvalue weighted by molar-refractivity contribution is 6.31. The standard InChI is InChI=1S/C22H22ClN5O2/c1-13-19(23)22(30)27-18-9-14(10-26-20(13)18)12-28-7-5-15(6-8-28)16-3-4-17(25-11-16)21(29)24-2/h3-5,9-11H,6-8,12H2,1-2H3,(H,24,29)(H,27,30)/i7D2,8D2. The van der Waals surface area contributed by atoms with E-state index < -0.39 is 18.6 Å². The van der Waals surface area contributed by atoms with Crippen LogP contribution in [0.25, 0.3) is 16.6 Å². The van der Waals surface area contributed by atoms with E-state index >= 15 is 0 Å². The number of aryl methyl sites for hydroxylation is 1. The summed E-state index contributed by atoms with van der Waals surface area (Å²) in [4.78, 5) is 36.0. The third-order valence-corrected chi connectivity index (χ3v) is 5.32. The average Bonchev–Trinajstić information content (AvgIpc) is 2.79. The molecule has 1 aliphatic heterocycles. The Labute approximate surface area is 184 Å². The van der Waals surface area contributed by atoms with Crippen LogP contribution in [0.1, 0.15) is 39.1 Å². The number of aromatic nitrogens is 3. The number of hydrogen-bond donors (Lipinski definition) is 2. The molecule has 7 nitrogen and oxygen atoms in total. The number of halogens is 1. The molecule has 2 N–H and O–H groups in total. The number of pyridine rings is 3. The van der Waals surface area contributed by atoms with E-state index in [0.717, 1.165) is 4.90 Å². The van der Waals surface area contributed by atoms with Gasteiger partial charge in [0.15, 0.2) is 0 Å². The van der Waals surface area contributed by atoms with Crippen molar-refractivity contribution in [3.8, 4) is 0 Å². The van der Waals surface area contributed by atoms with Crippen LogP contribution < -0.4 is 10.9 Å². The van der Waals surface area contributed by atoms with Gasteiger partial charge in [-0.2, -0.15) is 0 Å². The van der Waals surface area contributed by atoms with Gasteiger partial charge in [0.2, 0.25) is 0 Å². The largest absolute Gasteiger partial charge is 0.354 e. The molecule has 0 aromatic carbocycles. The average molecular weight is 428 g/mol. The number of aromatic amines is 1. The minimum absolute atomic E-state index is 0.0620. The number of hydrogen-bond acceptors (Lipinski definition) is 5. The maximum atomic E-state index is 12.0. The van der Waals surface area contributed by atoms with Gasteiger partial charge in [0, 0.05) is 50.0 Å². The number of carbonyl (C=O) groups excluding carboxylic acids is 1. The van der Waals surface area contributed by atoms with Crippen LogP contribution in [0.4, 0.5) is 0 Å². The van der Waals surface area contributed by atoms with E-state index in [0.29, 0.717) is 33.3 Å². The zero-order valence-electron chi connectivity index (χ0n) is 20.4. The van der Waals surface area contributed by atoms with Gasteiger partial charge in [0.25, 0.3) is 11.5 Å². The second-order valence-electron chi connectivity index (χ2n) is 6.86. The van der Waals surface area contributed by atoms with Gasteiger partial charge in [-0.3, -0.25) is 24.5 Å². The van der Waals surface area contributed by atoms with E-state index in [4.69, 9.17) is 17.1 Å². The van der Waals surface area contributed by atoms with E-state index in [1.807, 2.05) is 0 Å². The number of nitrogens with zero attached hydrogens (tertiary/aromatic N) is 3. The fourth-order valence-electron chi connectivity index (χ4n) is 3.19. The summed E-state index contributed by atoms with van der Waals surface area (Å²) in [5.74, 6) is -0.344. The summed E-state index contributed by atoms with van der Waals surface area (Å²) >= 11 is 6.00. The smallest absolute Gasteiger partial charge is 0.269 e. The van der Waals surface area contributed by atoms with Crippen molar-refractivity contribution in [2.45, 2.75) is 19.9 Å². The Morgan fingerprint density at radius 1 is 1.37 bits per heavy atom. The maximum absolute atomic E-state index is 12.0. The Bertz CT molecular complexity index is 1370. The van der Waals surface area contributed by atoms with Crippen molar-refractivity contribution in [3.63, 3.8) is 0 Å². The van der Waals surface area contributed by atoms with Crippen LogP contribution in [0.5, 0.6) is 0 Å². The van der Waals surface area contributed by atoms with E-state index in [-0.39, 0.29) is 29.6 Å². The van der Waals surface area contributed by atoms with Gasteiger partial charge in [-0.05, 0) is 42.2 Å². The molecular formula is C22H22ClN5O2. The lowest BCUT2D eigenvalue weighted by molar-refractivity contribution is 0.0958. The first-order valence-electron chi connectivity index (χ1n) is 11.3. The van der Waals surface area contributed by atoms with Crippen molar-refractivity contribution in [2.75, 3.05) is 20.0 Å². The number of rotatable bonds is 4. The predicted octanol–water partition coefficient (Wildman–Crippen LogP) is 2.93. The fraction of sp³-hybridized carbons (Fsp3) is 0.273. The predicted molar refractivity (Wildman–Crippen MR) is 118 cm³/mol. The first-order valence-corrected chi connectivity index (χ1v) is 9.66. The van der Waals surface area contributed by atoms with Gasteiger partial charge in [-0.1, -0.05) is 23.7 Å². The zero-order valence-corrected chi connectivity index (χ0v) is 17.2. The molecule has 1 aliphatic rings. The van der Waals surface area contributed by atoms with Crippen molar-refractivity contribution in [2.24, 2.45) is 0 Å². The molecule has 8 heteroatoms. The summed E-state index contributed by atoms with van der Waals surface area (Å²) < 4.78 is 34.3. The summed E-state index contributed by atoms with van der Waals surface area (Å²) in [5.41, 5.74) is 2.80. The quantitative estimate of drug-likeness (QED) is 0.668. The monoisotopic (exact) mass is 427 g/mol. The van der Waals surface area contributed by atoms with E-state index in [1.165, 1.54) is 31.6 Å². The Morgan fingerprint density at radius 2 is 2.20 bits per heavy atom.